The number of nitrogens with zero attached hydrogens (tertiary/aromatic N) is 2. The maximum atomic E-state index is 11.0. The molecule has 13 heavy (non-hydrogen) atoms. The summed E-state index contributed by atoms with van der Waals surface area (Å²) < 4.78 is 4.54. The van der Waals surface area contributed by atoms with E-state index in [1.54, 1.807) is 0 Å². The van der Waals surface area contributed by atoms with Crippen molar-refractivity contribution in [3.63, 3.8) is 0 Å². The first kappa shape index (κ1) is 12.4. The van der Waals surface area contributed by atoms with Crippen LogP contribution in [0.1, 0.15) is 6.42 Å². The molecule has 0 aromatic carbocycles. The van der Waals surface area contributed by atoms with E-state index in [9.17, 15) is 4.79 Å². The molecule has 1 unspecified atom stereocenters. The summed E-state index contributed by atoms with van der Waals surface area (Å²) in [6, 6.07) is 2.04. The largest absolute Gasteiger partial charge is 0.468 e. The molecule has 0 aliphatic heterocycles. The molecule has 74 valence electrons. The van der Waals surface area contributed by atoms with Crippen LogP contribution in [0.15, 0.2) is 0 Å². The number of esters is 1. The molecule has 0 aromatic heterocycles. The van der Waals surface area contributed by atoms with Crippen molar-refractivity contribution in [1.82, 2.24) is 4.90 Å². The maximum absolute atomic E-state index is 11.0. The fourth-order valence-corrected chi connectivity index (χ4v) is 1.49. The number of halogens is 1. The molecule has 0 aliphatic rings. The van der Waals surface area contributed by atoms with Crippen molar-refractivity contribution in [3.05, 3.63) is 0 Å². The lowest BCUT2D eigenvalue weighted by Gasteiger charge is -2.17. The van der Waals surface area contributed by atoms with E-state index in [1.807, 2.05) is 18.0 Å². The van der Waals surface area contributed by atoms with E-state index in [-0.39, 0.29) is 10.8 Å². The van der Waals surface area contributed by atoms with Gasteiger partial charge in [-0.2, -0.15) is 5.26 Å². The first-order valence-electron chi connectivity index (χ1n) is 3.89. The average molecular weight is 249 g/mol. The minimum absolute atomic E-state index is 0.288. The fourth-order valence-electron chi connectivity index (χ4n) is 0.808. The Morgan fingerprint density at radius 1 is 1.77 bits per heavy atom. The molecule has 0 amide bonds. The summed E-state index contributed by atoms with van der Waals surface area (Å²) in [5, 5.41) is 8.32. The van der Waals surface area contributed by atoms with Gasteiger partial charge < -0.3 is 9.64 Å². The Morgan fingerprint density at radius 3 is 2.85 bits per heavy atom. The summed E-state index contributed by atoms with van der Waals surface area (Å²) >= 11 is 3.20. The summed E-state index contributed by atoms with van der Waals surface area (Å²) in [6.07, 6.45) is 0.470. The number of hydrogen-bond donors (Lipinski definition) is 0. The molecule has 0 aromatic rings. The SMILES string of the molecule is COC(=O)C(Br)CN(C)CCC#N. The van der Waals surface area contributed by atoms with Crippen molar-refractivity contribution in [3.8, 4) is 6.07 Å². The van der Waals surface area contributed by atoms with Crippen molar-refractivity contribution in [1.29, 1.82) is 5.26 Å². The third-order valence-electron chi connectivity index (χ3n) is 1.53. The number of hydrogen-bond acceptors (Lipinski definition) is 4. The predicted molar refractivity (Wildman–Crippen MR) is 52.5 cm³/mol. The van der Waals surface area contributed by atoms with Crippen molar-refractivity contribution in [2.45, 2.75) is 11.2 Å². The zero-order valence-electron chi connectivity index (χ0n) is 7.79. The third-order valence-corrected chi connectivity index (χ3v) is 2.20. The van der Waals surface area contributed by atoms with Gasteiger partial charge in [-0.3, -0.25) is 4.79 Å². The molecule has 0 heterocycles. The van der Waals surface area contributed by atoms with Crippen LogP contribution in [0.2, 0.25) is 0 Å². The molecule has 5 heteroatoms. The Morgan fingerprint density at radius 2 is 2.38 bits per heavy atom. The summed E-state index contributed by atoms with van der Waals surface area (Å²) in [7, 11) is 3.21. The molecular formula is C8H13BrN2O2. The summed E-state index contributed by atoms with van der Waals surface area (Å²) in [6.45, 7) is 1.21. The van der Waals surface area contributed by atoms with E-state index >= 15 is 0 Å². The maximum Gasteiger partial charge on any atom is 0.320 e. The fraction of sp³-hybridized carbons (Fsp3) is 0.750. The molecule has 0 aliphatic carbocycles. The van der Waals surface area contributed by atoms with Gasteiger partial charge in [-0.25, -0.2) is 0 Å². The number of methoxy groups -OCH3 is 1. The number of carbonyl (C=O) groups is 1. The zero-order valence-corrected chi connectivity index (χ0v) is 9.37. The van der Waals surface area contributed by atoms with Crippen LogP contribution in [-0.2, 0) is 9.53 Å². The summed E-state index contributed by atoms with van der Waals surface area (Å²) in [4.78, 5) is 12.5. The second kappa shape index (κ2) is 6.87. The lowest BCUT2D eigenvalue weighted by Crippen LogP contribution is -2.32. The number of nitriles is 1. The number of rotatable bonds is 5. The summed E-state index contributed by atoms with van der Waals surface area (Å²) in [5.74, 6) is -0.288. The monoisotopic (exact) mass is 248 g/mol. The Bertz CT molecular complexity index is 203. The van der Waals surface area contributed by atoms with Gasteiger partial charge in [0.05, 0.1) is 13.2 Å². The number of ether oxygens (including phenoxy) is 1. The lowest BCUT2D eigenvalue weighted by molar-refractivity contribution is -0.140. The van der Waals surface area contributed by atoms with Gasteiger partial charge in [-0.15, -0.1) is 0 Å². The molecule has 0 radical (unpaired) electrons. The van der Waals surface area contributed by atoms with Crippen LogP contribution >= 0.6 is 15.9 Å². The number of alkyl halides is 1. The predicted octanol–water partition coefficient (Wildman–Crippen LogP) is 0.768. The van der Waals surface area contributed by atoms with Crippen LogP contribution in [-0.4, -0.2) is 42.9 Å². The topological polar surface area (TPSA) is 53.3 Å². The van der Waals surface area contributed by atoms with Gasteiger partial charge in [-0.05, 0) is 7.05 Å². The van der Waals surface area contributed by atoms with E-state index in [4.69, 9.17) is 5.26 Å². The first-order chi connectivity index (χ1) is 6.11. The van der Waals surface area contributed by atoms with E-state index in [1.165, 1.54) is 7.11 Å². The highest BCUT2D eigenvalue weighted by molar-refractivity contribution is 9.10. The van der Waals surface area contributed by atoms with Crippen molar-refractivity contribution in [2.75, 3.05) is 27.2 Å². The molecule has 1 atom stereocenters. The Hall–Kier alpha value is -0.600. The molecule has 0 fully saturated rings. The second-order valence-electron chi connectivity index (χ2n) is 2.66. The van der Waals surface area contributed by atoms with Gasteiger partial charge in [0, 0.05) is 19.5 Å². The van der Waals surface area contributed by atoms with E-state index in [0.29, 0.717) is 19.5 Å². The molecule has 0 saturated carbocycles. The molecule has 0 rings (SSSR count). The van der Waals surface area contributed by atoms with Gasteiger partial charge >= 0.3 is 5.97 Å². The van der Waals surface area contributed by atoms with Gasteiger partial charge in [0.25, 0.3) is 0 Å². The molecular weight excluding hydrogens is 236 g/mol. The Labute approximate surface area is 86.6 Å². The highest BCUT2D eigenvalue weighted by Gasteiger charge is 2.16. The minimum atomic E-state index is -0.318. The van der Waals surface area contributed by atoms with Crippen LogP contribution in [0, 0.1) is 11.3 Å². The van der Waals surface area contributed by atoms with E-state index in [0.717, 1.165) is 0 Å². The Kier molecular flexibility index (Phi) is 6.55. The van der Waals surface area contributed by atoms with Crippen LogP contribution < -0.4 is 0 Å². The van der Waals surface area contributed by atoms with Crippen LogP contribution in [0.3, 0.4) is 0 Å². The van der Waals surface area contributed by atoms with Crippen molar-refractivity contribution >= 4 is 21.9 Å². The average Bonchev–Trinajstić information content (AvgIpc) is 2.13. The number of carbonyl (C=O) groups excluding carboxylic acids is 1. The van der Waals surface area contributed by atoms with Gasteiger partial charge in [0.15, 0.2) is 0 Å². The van der Waals surface area contributed by atoms with E-state index < -0.39 is 0 Å². The van der Waals surface area contributed by atoms with Crippen molar-refractivity contribution in [2.24, 2.45) is 0 Å². The second-order valence-corrected chi connectivity index (χ2v) is 3.77. The van der Waals surface area contributed by atoms with Crippen molar-refractivity contribution < 1.29 is 9.53 Å². The zero-order chi connectivity index (χ0) is 10.3. The smallest absolute Gasteiger partial charge is 0.320 e. The molecule has 0 saturated heterocycles. The van der Waals surface area contributed by atoms with Crippen LogP contribution in [0.5, 0.6) is 0 Å². The standard InChI is InChI=1S/C8H13BrN2O2/c1-11(5-3-4-10)6-7(9)8(12)13-2/h7H,3,5-6H2,1-2H3. The third kappa shape index (κ3) is 5.61. The lowest BCUT2D eigenvalue weighted by atomic mass is 10.3. The van der Waals surface area contributed by atoms with Gasteiger partial charge in [0.2, 0.25) is 0 Å². The normalized spacial score (nSPS) is 12.2. The summed E-state index contributed by atoms with van der Waals surface area (Å²) in [5.41, 5.74) is 0. The van der Waals surface area contributed by atoms with Crippen LogP contribution in [0.4, 0.5) is 0 Å². The Balaban J connectivity index is 3.72. The molecule has 0 N–H and O–H groups in total. The van der Waals surface area contributed by atoms with Gasteiger partial charge in [0.1, 0.15) is 4.83 Å². The molecule has 4 nitrogen and oxygen atoms in total. The highest BCUT2D eigenvalue weighted by Crippen LogP contribution is 2.03. The molecule has 0 bridgehead atoms. The van der Waals surface area contributed by atoms with E-state index in [2.05, 4.69) is 20.7 Å². The minimum Gasteiger partial charge on any atom is -0.468 e. The quantitative estimate of drug-likeness (QED) is 0.533. The highest BCUT2D eigenvalue weighted by atomic mass is 79.9. The van der Waals surface area contributed by atoms with Crippen LogP contribution in [0.25, 0.3) is 0 Å². The molecule has 0 spiro atoms. The first-order valence-corrected chi connectivity index (χ1v) is 4.80. The van der Waals surface area contributed by atoms with Gasteiger partial charge in [-0.1, -0.05) is 15.9 Å².